The Morgan fingerprint density at radius 1 is 1.60 bits per heavy atom. The van der Waals surface area contributed by atoms with Crippen LogP contribution in [-0.4, -0.2) is 0 Å². The van der Waals surface area contributed by atoms with Crippen LogP contribution < -0.4 is 0 Å². The second-order valence-electron chi connectivity index (χ2n) is 1.98. The molecule has 0 bridgehead atoms. The maximum atomic E-state index is 12.7. The Hall–Kier alpha value is -0.560. The molecule has 0 fully saturated rings. The summed E-state index contributed by atoms with van der Waals surface area (Å²) < 4.78 is 12.7. The molecule has 10 heavy (non-hydrogen) atoms. The van der Waals surface area contributed by atoms with Crippen molar-refractivity contribution in [2.75, 3.05) is 0 Å². The molecule has 0 heterocycles. The van der Waals surface area contributed by atoms with Crippen molar-refractivity contribution in [3.8, 4) is 0 Å². The lowest BCUT2D eigenvalue weighted by molar-refractivity contribution is 0.612. The molecule has 1 aromatic rings. The summed E-state index contributed by atoms with van der Waals surface area (Å²) in [6.45, 7) is 1.87. The van der Waals surface area contributed by atoms with Crippen molar-refractivity contribution in [3.05, 3.63) is 34.6 Å². The van der Waals surface area contributed by atoms with Crippen LogP contribution >= 0.6 is 11.6 Å². The number of hydrogen-bond acceptors (Lipinski definition) is 0. The molecular formula is C8H7ClF. The molecule has 0 nitrogen and oxygen atoms in total. The summed E-state index contributed by atoms with van der Waals surface area (Å²) in [5.41, 5.74) is 0.570. The molecule has 0 saturated carbocycles. The Balaban J connectivity index is 3.17. The fraction of sp³-hybridized carbons (Fsp3) is 0.250. The van der Waals surface area contributed by atoms with Crippen molar-refractivity contribution in [2.24, 2.45) is 0 Å². The van der Waals surface area contributed by atoms with E-state index in [1.807, 2.05) is 6.92 Å². The number of benzene rings is 1. The van der Waals surface area contributed by atoms with E-state index in [1.54, 1.807) is 6.07 Å². The third-order valence-electron chi connectivity index (χ3n) is 1.35. The van der Waals surface area contributed by atoms with Gasteiger partial charge in [-0.05, 0) is 24.6 Å². The fourth-order valence-corrected chi connectivity index (χ4v) is 1.10. The van der Waals surface area contributed by atoms with Gasteiger partial charge in [0.05, 0.1) is 0 Å². The Morgan fingerprint density at radius 2 is 2.30 bits per heavy atom. The van der Waals surface area contributed by atoms with Crippen molar-refractivity contribution in [3.63, 3.8) is 0 Å². The predicted molar refractivity (Wildman–Crippen MR) is 39.6 cm³/mol. The summed E-state index contributed by atoms with van der Waals surface area (Å²) >= 11 is 5.66. The average molecular weight is 158 g/mol. The lowest BCUT2D eigenvalue weighted by Crippen LogP contribution is -1.87. The summed E-state index contributed by atoms with van der Waals surface area (Å²) in [4.78, 5) is 0. The first-order valence-electron chi connectivity index (χ1n) is 3.09. The third kappa shape index (κ3) is 1.29. The van der Waals surface area contributed by atoms with Crippen LogP contribution in [0.5, 0.6) is 0 Å². The molecule has 53 valence electrons. The largest absolute Gasteiger partial charge is 0.207 e. The highest BCUT2D eigenvalue weighted by atomic mass is 35.5. The van der Waals surface area contributed by atoms with Crippen LogP contribution in [0.15, 0.2) is 12.1 Å². The Labute approximate surface area is 64.6 Å². The first-order valence-corrected chi connectivity index (χ1v) is 3.47. The molecular weight excluding hydrogens is 151 g/mol. The average Bonchev–Trinajstić information content (AvgIpc) is 1.88. The van der Waals surface area contributed by atoms with Crippen molar-refractivity contribution in [2.45, 2.75) is 13.3 Å². The maximum absolute atomic E-state index is 12.7. The maximum Gasteiger partial charge on any atom is 0.128 e. The molecule has 2 heteroatoms. The second kappa shape index (κ2) is 3.02. The fourth-order valence-electron chi connectivity index (χ4n) is 0.814. The molecule has 0 saturated heterocycles. The van der Waals surface area contributed by atoms with Gasteiger partial charge in [0, 0.05) is 10.6 Å². The number of halogens is 2. The van der Waals surface area contributed by atoms with E-state index in [0.29, 0.717) is 17.0 Å². The minimum Gasteiger partial charge on any atom is -0.207 e. The van der Waals surface area contributed by atoms with E-state index in [4.69, 9.17) is 11.6 Å². The van der Waals surface area contributed by atoms with Gasteiger partial charge in [0.2, 0.25) is 0 Å². The second-order valence-corrected chi connectivity index (χ2v) is 2.39. The van der Waals surface area contributed by atoms with E-state index in [1.165, 1.54) is 6.07 Å². The molecule has 1 radical (unpaired) electrons. The van der Waals surface area contributed by atoms with Gasteiger partial charge in [-0.3, -0.25) is 0 Å². The molecule has 0 spiro atoms. The highest BCUT2D eigenvalue weighted by molar-refractivity contribution is 6.31. The molecule has 0 aliphatic rings. The smallest absolute Gasteiger partial charge is 0.128 e. The lowest BCUT2D eigenvalue weighted by atomic mass is 10.1. The van der Waals surface area contributed by atoms with Crippen LogP contribution in [0.1, 0.15) is 12.5 Å². The van der Waals surface area contributed by atoms with Crippen molar-refractivity contribution in [1.29, 1.82) is 0 Å². The Bertz CT molecular complexity index is 212. The first-order chi connectivity index (χ1) is 4.75. The summed E-state index contributed by atoms with van der Waals surface area (Å²) in [5, 5.41) is 0.461. The van der Waals surface area contributed by atoms with E-state index in [2.05, 4.69) is 6.07 Å². The Morgan fingerprint density at radius 3 is 2.70 bits per heavy atom. The predicted octanol–water partition coefficient (Wildman–Crippen LogP) is 2.84. The monoisotopic (exact) mass is 157 g/mol. The van der Waals surface area contributed by atoms with Gasteiger partial charge in [0.15, 0.2) is 0 Å². The van der Waals surface area contributed by atoms with Crippen LogP contribution in [0.3, 0.4) is 0 Å². The standard InChI is InChI=1S/C8H7ClF/c1-2-6-7(9)4-3-5-8(6)10/h4-5H,2H2,1H3. The summed E-state index contributed by atoms with van der Waals surface area (Å²) in [5.74, 6) is -0.269. The summed E-state index contributed by atoms with van der Waals surface area (Å²) in [6, 6.07) is 5.47. The van der Waals surface area contributed by atoms with E-state index >= 15 is 0 Å². The number of rotatable bonds is 1. The zero-order valence-corrected chi connectivity index (χ0v) is 6.37. The lowest BCUT2D eigenvalue weighted by Gasteiger charge is -1.99. The first kappa shape index (κ1) is 7.55. The van der Waals surface area contributed by atoms with Crippen LogP contribution in [-0.2, 0) is 6.42 Å². The minimum atomic E-state index is -0.269. The quantitative estimate of drug-likeness (QED) is 0.588. The molecule has 0 amide bonds. The molecule has 0 aromatic heterocycles. The SMILES string of the molecule is CCc1c(F)c[c]cc1Cl. The van der Waals surface area contributed by atoms with E-state index in [0.717, 1.165) is 0 Å². The molecule has 1 rings (SSSR count). The summed E-state index contributed by atoms with van der Waals surface area (Å²) in [7, 11) is 0. The molecule has 0 aliphatic carbocycles. The zero-order valence-electron chi connectivity index (χ0n) is 5.62. The van der Waals surface area contributed by atoms with Crippen molar-refractivity contribution >= 4 is 11.6 Å². The molecule has 1 aromatic carbocycles. The zero-order chi connectivity index (χ0) is 7.56. The van der Waals surface area contributed by atoms with Gasteiger partial charge >= 0.3 is 0 Å². The van der Waals surface area contributed by atoms with Gasteiger partial charge in [-0.2, -0.15) is 0 Å². The molecule has 0 N–H and O–H groups in total. The van der Waals surface area contributed by atoms with Gasteiger partial charge < -0.3 is 0 Å². The van der Waals surface area contributed by atoms with Crippen LogP contribution in [0, 0.1) is 11.9 Å². The van der Waals surface area contributed by atoms with Gasteiger partial charge in [-0.15, -0.1) is 0 Å². The Kier molecular flexibility index (Phi) is 2.28. The van der Waals surface area contributed by atoms with E-state index in [-0.39, 0.29) is 5.82 Å². The minimum absolute atomic E-state index is 0.269. The molecule has 0 unspecified atom stereocenters. The van der Waals surface area contributed by atoms with Gasteiger partial charge in [0.25, 0.3) is 0 Å². The van der Waals surface area contributed by atoms with Crippen LogP contribution in [0.25, 0.3) is 0 Å². The topological polar surface area (TPSA) is 0 Å². The van der Waals surface area contributed by atoms with Gasteiger partial charge in [-0.25, -0.2) is 4.39 Å². The van der Waals surface area contributed by atoms with Crippen LogP contribution in [0.2, 0.25) is 5.02 Å². The summed E-state index contributed by atoms with van der Waals surface area (Å²) in [6.07, 6.45) is 0.624. The van der Waals surface area contributed by atoms with Crippen LogP contribution in [0.4, 0.5) is 4.39 Å². The highest BCUT2D eigenvalue weighted by Crippen LogP contribution is 2.18. The van der Waals surface area contributed by atoms with Gasteiger partial charge in [-0.1, -0.05) is 18.5 Å². The molecule has 0 atom stereocenters. The van der Waals surface area contributed by atoms with Crippen molar-refractivity contribution in [1.82, 2.24) is 0 Å². The number of hydrogen-bond donors (Lipinski definition) is 0. The van der Waals surface area contributed by atoms with E-state index < -0.39 is 0 Å². The van der Waals surface area contributed by atoms with E-state index in [9.17, 15) is 4.39 Å². The van der Waals surface area contributed by atoms with Gasteiger partial charge in [0.1, 0.15) is 5.82 Å². The van der Waals surface area contributed by atoms with Crippen molar-refractivity contribution < 1.29 is 4.39 Å². The third-order valence-corrected chi connectivity index (χ3v) is 1.69. The normalized spacial score (nSPS) is 9.90. The highest BCUT2D eigenvalue weighted by Gasteiger charge is 2.02. The molecule has 0 aliphatic heterocycles.